The molecule has 19 heavy (non-hydrogen) atoms. The monoisotopic (exact) mass is 258 g/mol. The van der Waals surface area contributed by atoms with Gasteiger partial charge in [0.2, 0.25) is 0 Å². The lowest BCUT2D eigenvalue weighted by atomic mass is 10.1. The Hall–Kier alpha value is -2.30. The van der Waals surface area contributed by atoms with Crippen LogP contribution in [0.2, 0.25) is 0 Å². The smallest absolute Gasteiger partial charge is 0.119 e. The van der Waals surface area contributed by atoms with Gasteiger partial charge in [0.1, 0.15) is 11.6 Å². The summed E-state index contributed by atoms with van der Waals surface area (Å²) in [6, 6.07) is 7.66. The van der Waals surface area contributed by atoms with E-state index in [0.29, 0.717) is 13.0 Å². The molecule has 0 aliphatic carbocycles. The van der Waals surface area contributed by atoms with Crippen LogP contribution in [-0.2, 0) is 19.9 Å². The van der Waals surface area contributed by atoms with E-state index in [-0.39, 0.29) is 5.84 Å². The highest BCUT2D eigenvalue weighted by molar-refractivity contribution is 5.79. The second-order valence-electron chi connectivity index (χ2n) is 4.40. The van der Waals surface area contributed by atoms with E-state index < -0.39 is 0 Å². The molecule has 1 heterocycles. The number of nitrogens with one attached hydrogen (secondary N) is 1. The molecule has 0 amide bonds. The van der Waals surface area contributed by atoms with Crippen LogP contribution in [0.15, 0.2) is 36.7 Å². The normalized spacial score (nSPS) is 10.4. The number of rotatable bonds is 6. The van der Waals surface area contributed by atoms with Crippen molar-refractivity contribution in [3.8, 4) is 5.75 Å². The Morgan fingerprint density at radius 1 is 1.37 bits per heavy atom. The van der Waals surface area contributed by atoms with Crippen molar-refractivity contribution in [2.45, 2.75) is 12.8 Å². The molecule has 0 atom stereocenters. The molecule has 100 valence electrons. The summed E-state index contributed by atoms with van der Waals surface area (Å²) in [4.78, 5) is 4.24. The number of hydrogen-bond acceptors (Lipinski definition) is 3. The molecule has 0 bridgehead atoms. The molecule has 0 saturated heterocycles. The zero-order valence-corrected chi connectivity index (χ0v) is 11.0. The van der Waals surface area contributed by atoms with Crippen LogP contribution >= 0.6 is 0 Å². The summed E-state index contributed by atoms with van der Waals surface area (Å²) in [7, 11) is 1.97. The summed E-state index contributed by atoms with van der Waals surface area (Å²) in [6.45, 7) is 0.594. The highest BCUT2D eigenvalue weighted by atomic mass is 16.5. The van der Waals surface area contributed by atoms with Crippen molar-refractivity contribution in [3.05, 3.63) is 48.0 Å². The minimum Gasteiger partial charge on any atom is -0.493 e. The SMILES string of the molecule is Cn1ccnc1CCOc1ccc(CC(=N)N)cc1. The van der Waals surface area contributed by atoms with E-state index in [1.807, 2.05) is 42.1 Å². The van der Waals surface area contributed by atoms with Crippen LogP contribution in [0, 0.1) is 5.41 Å². The number of aryl methyl sites for hydroxylation is 1. The zero-order chi connectivity index (χ0) is 13.7. The fourth-order valence-corrected chi connectivity index (χ4v) is 1.82. The third-order valence-corrected chi connectivity index (χ3v) is 2.83. The first kappa shape index (κ1) is 13.1. The van der Waals surface area contributed by atoms with Crippen LogP contribution in [0.4, 0.5) is 0 Å². The average Bonchev–Trinajstić information content (AvgIpc) is 2.77. The number of nitrogens with zero attached hydrogens (tertiary/aromatic N) is 2. The van der Waals surface area contributed by atoms with Gasteiger partial charge >= 0.3 is 0 Å². The molecule has 5 heteroatoms. The number of aromatic nitrogens is 2. The molecule has 0 fully saturated rings. The molecule has 5 nitrogen and oxygen atoms in total. The highest BCUT2D eigenvalue weighted by Crippen LogP contribution is 2.13. The Bertz CT molecular complexity index is 545. The van der Waals surface area contributed by atoms with Crippen LogP contribution in [0.1, 0.15) is 11.4 Å². The summed E-state index contributed by atoms with van der Waals surface area (Å²) in [5.74, 6) is 2.00. The molecule has 2 aromatic rings. The minimum atomic E-state index is 0.170. The van der Waals surface area contributed by atoms with Gasteiger partial charge in [-0.2, -0.15) is 0 Å². The Morgan fingerprint density at radius 3 is 2.68 bits per heavy atom. The molecule has 0 aliphatic rings. The number of imidazole rings is 1. The van der Waals surface area contributed by atoms with E-state index in [1.165, 1.54) is 0 Å². The molecule has 0 saturated carbocycles. The first-order chi connectivity index (χ1) is 9.15. The fraction of sp³-hybridized carbons (Fsp3) is 0.286. The number of amidine groups is 1. The summed E-state index contributed by atoms with van der Waals surface area (Å²) < 4.78 is 7.64. The van der Waals surface area contributed by atoms with Gasteiger partial charge in [-0.25, -0.2) is 4.98 Å². The van der Waals surface area contributed by atoms with Gasteiger partial charge in [0.25, 0.3) is 0 Å². The van der Waals surface area contributed by atoms with Gasteiger partial charge in [0.05, 0.1) is 12.4 Å². The lowest BCUT2D eigenvalue weighted by Gasteiger charge is -2.07. The summed E-state index contributed by atoms with van der Waals surface area (Å²) in [5.41, 5.74) is 6.37. The Morgan fingerprint density at radius 2 is 2.11 bits per heavy atom. The van der Waals surface area contributed by atoms with Crippen LogP contribution in [0.5, 0.6) is 5.75 Å². The van der Waals surface area contributed by atoms with Crippen molar-refractivity contribution < 1.29 is 4.74 Å². The van der Waals surface area contributed by atoms with E-state index in [0.717, 1.165) is 23.6 Å². The predicted octanol–water partition coefficient (Wildman–Crippen LogP) is 1.52. The van der Waals surface area contributed by atoms with Gasteiger partial charge in [-0.15, -0.1) is 0 Å². The van der Waals surface area contributed by atoms with Crippen LogP contribution in [-0.4, -0.2) is 22.0 Å². The van der Waals surface area contributed by atoms with Gasteiger partial charge in [-0.3, -0.25) is 5.41 Å². The van der Waals surface area contributed by atoms with Crippen molar-refractivity contribution in [2.75, 3.05) is 6.61 Å². The molecule has 2 rings (SSSR count). The summed E-state index contributed by atoms with van der Waals surface area (Å²) >= 11 is 0. The predicted molar refractivity (Wildman–Crippen MR) is 74.5 cm³/mol. The quantitative estimate of drug-likeness (QED) is 0.609. The van der Waals surface area contributed by atoms with Crippen LogP contribution in [0.25, 0.3) is 0 Å². The van der Waals surface area contributed by atoms with Crippen molar-refractivity contribution in [1.29, 1.82) is 5.41 Å². The Balaban J connectivity index is 1.83. The minimum absolute atomic E-state index is 0.170. The van der Waals surface area contributed by atoms with E-state index >= 15 is 0 Å². The molecule has 1 aromatic heterocycles. The average molecular weight is 258 g/mol. The second kappa shape index (κ2) is 6.04. The molecule has 0 unspecified atom stereocenters. The molecule has 0 radical (unpaired) electrons. The summed E-state index contributed by atoms with van der Waals surface area (Å²) in [5, 5.41) is 7.23. The molecular weight excluding hydrogens is 240 g/mol. The maximum atomic E-state index is 7.23. The van der Waals surface area contributed by atoms with Crippen molar-refractivity contribution in [2.24, 2.45) is 12.8 Å². The van der Waals surface area contributed by atoms with E-state index in [4.69, 9.17) is 15.9 Å². The van der Waals surface area contributed by atoms with Crippen LogP contribution in [0.3, 0.4) is 0 Å². The van der Waals surface area contributed by atoms with Crippen molar-refractivity contribution in [1.82, 2.24) is 9.55 Å². The Kier molecular flexibility index (Phi) is 4.18. The summed E-state index contributed by atoms with van der Waals surface area (Å²) in [6.07, 6.45) is 4.96. The van der Waals surface area contributed by atoms with Crippen molar-refractivity contribution >= 4 is 5.84 Å². The number of hydrogen-bond donors (Lipinski definition) is 2. The molecule has 0 spiro atoms. The molecule has 1 aromatic carbocycles. The van der Waals surface area contributed by atoms with E-state index in [1.54, 1.807) is 6.20 Å². The topological polar surface area (TPSA) is 76.9 Å². The Labute approximate surface area is 112 Å². The second-order valence-corrected chi connectivity index (χ2v) is 4.40. The standard InChI is InChI=1S/C14H18N4O/c1-18-8-7-17-14(18)6-9-19-12-4-2-11(3-5-12)10-13(15)16/h2-5,7-8H,6,9-10H2,1H3,(H3,15,16). The lowest BCUT2D eigenvalue weighted by molar-refractivity contribution is 0.317. The fourth-order valence-electron chi connectivity index (χ4n) is 1.82. The number of ether oxygens (including phenoxy) is 1. The van der Waals surface area contributed by atoms with Gasteiger partial charge in [-0.05, 0) is 17.7 Å². The lowest BCUT2D eigenvalue weighted by Crippen LogP contribution is -2.12. The molecule has 0 aliphatic heterocycles. The van der Waals surface area contributed by atoms with E-state index in [2.05, 4.69) is 4.98 Å². The number of benzene rings is 1. The maximum Gasteiger partial charge on any atom is 0.119 e. The zero-order valence-electron chi connectivity index (χ0n) is 11.0. The van der Waals surface area contributed by atoms with E-state index in [9.17, 15) is 0 Å². The van der Waals surface area contributed by atoms with Gasteiger partial charge in [0, 0.05) is 32.3 Å². The van der Waals surface area contributed by atoms with Gasteiger partial charge in [-0.1, -0.05) is 12.1 Å². The van der Waals surface area contributed by atoms with Crippen LogP contribution < -0.4 is 10.5 Å². The van der Waals surface area contributed by atoms with Gasteiger partial charge < -0.3 is 15.0 Å². The maximum absolute atomic E-state index is 7.23. The third-order valence-electron chi connectivity index (χ3n) is 2.83. The molecule has 3 N–H and O–H groups in total. The number of nitrogens with two attached hydrogens (primary N) is 1. The third kappa shape index (κ3) is 3.84. The largest absolute Gasteiger partial charge is 0.493 e. The van der Waals surface area contributed by atoms with Crippen molar-refractivity contribution in [3.63, 3.8) is 0 Å². The van der Waals surface area contributed by atoms with Gasteiger partial charge in [0.15, 0.2) is 0 Å². The molecular formula is C14H18N4O. The first-order valence-electron chi connectivity index (χ1n) is 6.16. The first-order valence-corrected chi connectivity index (χ1v) is 6.16. The highest BCUT2D eigenvalue weighted by Gasteiger charge is 2.01.